The summed E-state index contributed by atoms with van der Waals surface area (Å²) >= 11 is 0. The molecule has 3 atom stereocenters. The Morgan fingerprint density at radius 3 is 2.85 bits per heavy atom. The Kier molecular flexibility index (Phi) is 5.34. The van der Waals surface area contributed by atoms with Gasteiger partial charge in [-0.15, -0.1) is 0 Å². The molecule has 2 N–H and O–H groups in total. The number of rotatable bonds is 5. The van der Waals surface area contributed by atoms with Gasteiger partial charge in [0.2, 0.25) is 0 Å². The molecule has 26 heavy (non-hydrogen) atoms. The number of hydrogen-bond acceptors (Lipinski definition) is 3. The molecule has 5 heteroatoms. The van der Waals surface area contributed by atoms with Crippen LogP contribution in [0.1, 0.15) is 54.2 Å². The van der Waals surface area contributed by atoms with Gasteiger partial charge in [0.1, 0.15) is 5.69 Å². The molecule has 4 rings (SSSR count). The molecule has 2 fully saturated rings. The summed E-state index contributed by atoms with van der Waals surface area (Å²) in [5.41, 5.74) is 1.90. The second-order valence-corrected chi connectivity index (χ2v) is 7.64. The van der Waals surface area contributed by atoms with Gasteiger partial charge in [0.15, 0.2) is 0 Å². The van der Waals surface area contributed by atoms with Gasteiger partial charge in [0.05, 0.1) is 6.04 Å². The van der Waals surface area contributed by atoms with Crippen LogP contribution in [0.5, 0.6) is 0 Å². The van der Waals surface area contributed by atoms with E-state index in [-0.39, 0.29) is 11.9 Å². The predicted molar refractivity (Wildman–Crippen MR) is 102 cm³/mol. The summed E-state index contributed by atoms with van der Waals surface area (Å²) in [4.78, 5) is 12.7. The number of nitrogens with zero attached hydrogens (tertiary/aromatic N) is 2. The van der Waals surface area contributed by atoms with Gasteiger partial charge in [-0.05, 0) is 56.2 Å². The van der Waals surface area contributed by atoms with Crippen LogP contribution in [0.15, 0.2) is 42.6 Å². The fourth-order valence-electron chi connectivity index (χ4n) is 4.35. The lowest BCUT2D eigenvalue weighted by Crippen LogP contribution is -2.38. The van der Waals surface area contributed by atoms with E-state index in [9.17, 15) is 4.79 Å². The highest BCUT2D eigenvalue weighted by molar-refractivity contribution is 5.92. The van der Waals surface area contributed by atoms with Crippen molar-refractivity contribution in [2.75, 3.05) is 13.1 Å². The van der Waals surface area contributed by atoms with E-state index in [1.165, 1.54) is 18.4 Å². The van der Waals surface area contributed by atoms with Crippen molar-refractivity contribution in [3.05, 3.63) is 53.9 Å². The van der Waals surface area contributed by atoms with Gasteiger partial charge in [0, 0.05) is 18.8 Å². The maximum Gasteiger partial charge on any atom is 0.272 e. The summed E-state index contributed by atoms with van der Waals surface area (Å²) in [6, 6.07) is 13.1. The molecule has 1 aromatic heterocycles. The molecule has 138 valence electrons. The van der Waals surface area contributed by atoms with Gasteiger partial charge in [-0.2, -0.15) is 5.10 Å². The Labute approximate surface area is 155 Å². The molecule has 2 aromatic rings. The van der Waals surface area contributed by atoms with E-state index in [2.05, 4.69) is 46.1 Å². The highest BCUT2D eigenvalue weighted by Crippen LogP contribution is 2.29. The smallest absolute Gasteiger partial charge is 0.272 e. The van der Waals surface area contributed by atoms with E-state index in [0.29, 0.717) is 17.7 Å². The third-order valence-electron chi connectivity index (χ3n) is 5.80. The van der Waals surface area contributed by atoms with E-state index in [1.807, 2.05) is 16.9 Å². The molecule has 1 aliphatic carbocycles. The zero-order valence-electron chi connectivity index (χ0n) is 15.2. The molecule has 1 aromatic carbocycles. The van der Waals surface area contributed by atoms with E-state index >= 15 is 0 Å². The van der Waals surface area contributed by atoms with Crippen molar-refractivity contribution < 1.29 is 4.79 Å². The largest absolute Gasteiger partial charge is 0.348 e. The number of benzene rings is 1. The number of carbonyl (C=O) groups is 1. The molecule has 3 unspecified atom stereocenters. The molecule has 0 radical (unpaired) electrons. The zero-order chi connectivity index (χ0) is 17.8. The first-order valence-corrected chi connectivity index (χ1v) is 9.90. The number of aromatic nitrogens is 2. The minimum absolute atomic E-state index is 0.0301. The Balaban J connectivity index is 1.37. The molecular weight excluding hydrogens is 324 g/mol. The van der Waals surface area contributed by atoms with Crippen molar-refractivity contribution >= 4 is 5.91 Å². The third-order valence-corrected chi connectivity index (χ3v) is 5.80. The highest BCUT2D eigenvalue weighted by Gasteiger charge is 2.29. The van der Waals surface area contributed by atoms with Crippen molar-refractivity contribution in [2.45, 2.75) is 50.6 Å². The number of piperidine rings is 1. The van der Waals surface area contributed by atoms with E-state index < -0.39 is 0 Å². The van der Waals surface area contributed by atoms with Gasteiger partial charge in [-0.1, -0.05) is 36.8 Å². The van der Waals surface area contributed by atoms with Gasteiger partial charge < -0.3 is 10.6 Å². The minimum atomic E-state index is -0.0301. The lowest BCUT2D eigenvalue weighted by Gasteiger charge is -2.23. The average Bonchev–Trinajstić information content (AvgIpc) is 3.34. The quantitative estimate of drug-likeness (QED) is 0.870. The van der Waals surface area contributed by atoms with Crippen LogP contribution < -0.4 is 10.6 Å². The van der Waals surface area contributed by atoms with Crippen LogP contribution in [0.4, 0.5) is 0 Å². The summed E-state index contributed by atoms with van der Waals surface area (Å²) in [5, 5.41) is 11.2. The Bertz CT molecular complexity index is 721. The molecule has 1 aliphatic heterocycles. The standard InChI is InChI=1S/C21H28N4O/c26-21(20-11-13-25(24-20)18-9-5-12-22-15-18)23-19-10-4-8-17(19)14-16-6-2-1-3-7-16/h1-3,6-7,11,13,17-19,22H,4-5,8-10,12,14-15H2,(H,23,26). The summed E-state index contributed by atoms with van der Waals surface area (Å²) in [7, 11) is 0. The van der Waals surface area contributed by atoms with Crippen molar-refractivity contribution in [2.24, 2.45) is 5.92 Å². The SMILES string of the molecule is O=C(NC1CCCC1Cc1ccccc1)c1ccn(C2CCCNC2)n1. The average molecular weight is 352 g/mol. The molecule has 1 saturated heterocycles. The third kappa shape index (κ3) is 3.98. The van der Waals surface area contributed by atoms with Crippen LogP contribution in [0, 0.1) is 5.92 Å². The fourth-order valence-corrected chi connectivity index (χ4v) is 4.35. The predicted octanol–water partition coefficient (Wildman–Crippen LogP) is 2.95. The monoisotopic (exact) mass is 352 g/mol. The van der Waals surface area contributed by atoms with Gasteiger partial charge in [0.25, 0.3) is 5.91 Å². The summed E-state index contributed by atoms with van der Waals surface area (Å²) in [6.45, 7) is 2.01. The van der Waals surface area contributed by atoms with Crippen molar-refractivity contribution in [3.63, 3.8) is 0 Å². The molecule has 0 bridgehead atoms. The lowest BCUT2D eigenvalue weighted by molar-refractivity contribution is 0.0921. The number of nitrogens with one attached hydrogen (secondary N) is 2. The van der Waals surface area contributed by atoms with Crippen LogP contribution >= 0.6 is 0 Å². The molecule has 2 aliphatic rings. The normalized spacial score (nSPS) is 25.9. The first kappa shape index (κ1) is 17.3. The number of amides is 1. The van der Waals surface area contributed by atoms with Crippen molar-refractivity contribution in [3.8, 4) is 0 Å². The lowest BCUT2D eigenvalue weighted by atomic mass is 9.94. The Hall–Kier alpha value is -2.14. The maximum atomic E-state index is 12.7. The second-order valence-electron chi connectivity index (χ2n) is 7.64. The van der Waals surface area contributed by atoms with Gasteiger partial charge in [-0.25, -0.2) is 0 Å². The molecule has 5 nitrogen and oxygen atoms in total. The molecule has 1 amide bonds. The maximum absolute atomic E-state index is 12.7. The second kappa shape index (κ2) is 8.04. The zero-order valence-corrected chi connectivity index (χ0v) is 15.2. The van der Waals surface area contributed by atoms with Crippen LogP contribution in [0.25, 0.3) is 0 Å². The molecule has 0 spiro atoms. The Morgan fingerprint density at radius 1 is 1.15 bits per heavy atom. The fraction of sp³-hybridized carbons (Fsp3) is 0.524. The highest BCUT2D eigenvalue weighted by atomic mass is 16.2. The minimum Gasteiger partial charge on any atom is -0.348 e. The van der Waals surface area contributed by atoms with Gasteiger partial charge in [-0.3, -0.25) is 9.48 Å². The van der Waals surface area contributed by atoms with Crippen molar-refractivity contribution in [1.82, 2.24) is 20.4 Å². The number of hydrogen-bond donors (Lipinski definition) is 2. The first-order chi connectivity index (χ1) is 12.8. The topological polar surface area (TPSA) is 59.0 Å². The van der Waals surface area contributed by atoms with Crippen LogP contribution in [-0.4, -0.2) is 34.8 Å². The van der Waals surface area contributed by atoms with Crippen LogP contribution in [0.3, 0.4) is 0 Å². The van der Waals surface area contributed by atoms with Crippen LogP contribution in [-0.2, 0) is 6.42 Å². The van der Waals surface area contributed by atoms with Crippen LogP contribution in [0.2, 0.25) is 0 Å². The van der Waals surface area contributed by atoms with E-state index in [0.717, 1.165) is 38.8 Å². The Morgan fingerprint density at radius 2 is 2.04 bits per heavy atom. The molecule has 2 heterocycles. The molecular formula is C21H28N4O. The summed E-state index contributed by atoms with van der Waals surface area (Å²) in [5.74, 6) is 0.489. The van der Waals surface area contributed by atoms with E-state index in [4.69, 9.17) is 0 Å². The summed E-state index contributed by atoms with van der Waals surface area (Å²) < 4.78 is 1.96. The molecule has 1 saturated carbocycles. The van der Waals surface area contributed by atoms with Gasteiger partial charge >= 0.3 is 0 Å². The first-order valence-electron chi connectivity index (χ1n) is 9.90. The number of carbonyl (C=O) groups excluding carboxylic acids is 1. The van der Waals surface area contributed by atoms with E-state index in [1.54, 1.807) is 0 Å². The summed E-state index contributed by atoms with van der Waals surface area (Å²) in [6.07, 6.45) is 8.70. The van der Waals surface area contributed by atoms with Crippen molar-refractivity contribution in [1.29, 1.82) is 0 Å².